The van der Waals surface area contributed by atoms with Crippen molar-refractivity contribution in [3.8, 4) is 6.07 Å². The van der Waals surface area contributed by atoms with Crippen LogP contribution in [0.3, 0.4) is 0 Å². The average molecular weight is 1060 g/mol. The number of aryl methyl sites for hydroxylation is 1. The number of amides is 2. The topological polar surface area (TPSA) is 155 Å². The number of aldehydes is 1. The number of halogens is 3. The number of ketones is 2. The first-order chi connectivity index (χ1) is 35.0. The van der Waals surface area contributed by atoms with E-state index >= 15 is 0 Å². The van der Waals surface area contributed by atoms with E-state index in [1.54, 1.807) is 12.4 Å². The summed E-state index contributed by atoms with van der Waals surface area (Å²) in [7, 11) is 0. The van der Waals surface area contributed by atoms with Gasteiger partial charge in [-0.1, -0.05) is 124 Å². The molecular weight excluding hydrogens is 966 g/mol. The molecule has 1 heterocycles. The van der Waals surface area contributed by atoms with Crippen LogP contribution in [0.25, 0.3) is 0 Å². The molecule has 1 aliphatic heterocycles. The van der Waals surface area contributed by atoms with Gasteiger partial charge in [0.05, 0.1) is 41.4 Å². The molecule has 3 aromatic carbocycles. The third-order valence-corrected chi connectivity index (χ3v) is 12.0. The molecule has 2 N–H and O–H groups in total. The minimum Gasteiger partial charge on any atom is -0.385 e. The van der Waals surface area contributed by atoms with Crippen molar-refractivity contribution in [2.24, 2.45) is 11.8 Å². The second-order valence-corrected chi connectivity index (χ2v) is 18.6. The van der Waals surface area contributed by atoms with Gasteiger partial charge in [-0.05, 0) is 120 Å². The van der Waals surface area contributed by atoms with Crippen molar-refractivity contribution in [1.29, 1.82) is 5.26 Å². The molecule has 0 saturated carbocycles. The fraction of sp³-hybridized carbons (Fsp3) is 0.576. The Bertz CT molecular complexity index is 2140. The van der Waals surface area contributed by atoms with Gasteiger partial charge < -0.3 is 24.5 Å². The van der Waals surface area contributed by atoms with Gasteiger partial charge in [-0.3, -0.25) is 24.5 Å². The van der Waals surface area contributed by atoms with Crippen LogP contribution in [0.1, 0.15) is 191 Å². The van der Waals surface area contributed by atoms with E-state index in [0.29, 0.717) is 44.0 Å². The van der Waals surface area contributed by atoms with Crippen LogP contribution in [0, 0.1) is 37.0 Å². The van der Waals surface area contributed by atoms with Crippen LogP contribution in [0.5, 0.6) is 0 Å². The summed E-state index contributed by atoms with van der Waals surface area (Å²) in [5, 5.41) is 14.1. The van der Waals surface area contributed by atoms with E-state index in [0.717, 1.165) is 80.3 Å². The molecule has 15 heteroatoms. The molecule has 74 heavy (non-hydrogen) atoms. The molecule has 11 nitrogen and oxygen atoms in total. The number of nitrogens with one attached hydrogen (secondary N) is 2. The van der Waals surface area contributed by atoms with Crippen molar-refractivity contribution >= 4 is 58.8 Å². The lowest BCUT2D eigenvalue weighted by Gasteiger charge is -2.36. The maximum absolute atomic E-state index is 12.5. The van der Waals surface area contributed by atoms with E-state index in [4.69, 9.17) is 31.7 Å². The van der Waals surface area contributed by atoms with Crippen molar-refractivity contribution in [1.82, 2.24) is 5.32 Å². The third kappa shape index (κ3) is 27.8. The average Bonchev–Trinajstić information content (AvgIpc) is 3.37. The van der Waals surface area contributed by atoms with Crippen molar-refractivity contribution in [3.63, 3.8) is 0 Å². The van der Waals surface area contributed by atoms with Gasteiger partial charge in [0.15, 0.2) is 11.6 Å². The van der Waals surface area contributed by atoms with Gasteiger partial charge in [0.2, 0.25) is 11.8 Å². The smallest absolute Gasteiger partial charge is 0.385 e. The molecule has 414 valence electrons. The zero-order valence-corrected chi connectivity index (χ0v) is 47.9. The summed E-state index contributed by atoms with van der Waals surface area (Å²) >= 11 is 5.21. The van der Waals surface area contributed by atoms with E-state index < -0.39 is 17.3 Å². The molecule has 1 saturated heterocycles. The van der Waals surface area contributed by atoms with Gasteiger partial charge in [-0.2, -0.15) is 18.4 Å². The van der Waals surface area contributed by atoms with Crippen molar-refractivity contribution in [2.45, 2.75) is 179 Å². The SMILES string of the molecule is CC.CC1CCC(=O)NC1=O.CC=O.CCC(C)C(=O)c1cccc(C(C)C)c1C.CCCCCCOCCOCCCNc1ccc(N(C=S)C(C)(C)C(=O)CCC)cc1.Cc1ccc(C#N)c(C(F)(F)F)c1. The van der Waals surface area contributed by atoms with Crippen LogP contribution < -0.4 is 15.5 Å². The Morgan fingerprint density at radius 3 is 1.99 bits per heavy atom. The van der Waals surface area contributed by atoms with E-state index in [9.17, 15) is 32.3 Å². The molecule has 4 rings (SSSR count). The Morgan fingerprint density at radius 1 is 0.905 bits per heavy atom. The quantitative estimate of drug-likeness (QED) is 0.0306. The first kappa shape index (κ1) is 70.8. The lowest BCUT2D eigenvalue weighted by molar-refractivity contribution is -0.138. The Labute approximate surface area is 448 Å². The minimum atomic E-state index is -4.45. The van der Waals surface area contributed by atoms with E-state index in [2.05, 4.69) is 51.3 Å². The molecule has 1 fully saturated rings. The first-order valence-electron chi connectivity index (χ1n) is 26.2. The molecule has 1 aliphatic rings. The molecule has 0 bridgehead atoms. The van der Waals surface area contributed by atoms with Crippen molar-refractivity contribution < 1.29 is 46.6 Å². The minimum absolute atomic E-state index is 0.0164. The van der Waals surface area contributed by atoms with Crippen LogP contribution in [-0.4, -0.2) is 73.7 Å². The monoisotopic (exact) mass is 1050 g/mol. The standard InChI is InChI=1S/C25H42N2O3S.C15H22O.C9H6F3N.C6H9NO2.C2H4O.C2H6/c1-5-7-8-9-17-29-19-20-30-18-10-16-26-22-12-14-23(15-13-22)27(21-31)25(3,4)24(28)11-6-2;1-6-11(4)15(16)14-9-7-8-13(10(2)3)12(14)5;1-6-2-3-7(5-13)8(4-6)9(10,11)12;1-4-2-3-5(8)7-6(4)9;1-2-3;1-2/h12-15,21,26H,5-11,16-20H2,1-4H3;7-11H,6H2,1-5H3;2-4H,1H3;4H,2-3H2,1H3,(H,7,8,9);2H,1H3;1-2H3. The summed E-state index contributed by atoms with van der Waals surface area (Å²) in [5.74, 6) is 0.820. The largest absolute Gasteiger partial charge is 0.417 e. The Hall–Kier alpha value is -5.30. The van der Waals surface area contributed by atoms with Crippen LogP contribution in [0.2, 0.25) is 0 Å². The molecular formula is C59H89F3N4O7S. The predicted octanol–water partition coefficient (Wildman–Crippen LogP) is 14.5. The molecule has 0 aliphatic carbocycles. The summed E-state index contributed by atoms with van der Waals surface area (Å²) in [6.45, 7) is 31.1. The lowest BCUT2D eigenvalue weighted by atomic mass is 9.89. The number of Topliss-reactive ketones (excluding diaryl/α,β-unsaturated/α-hetero) is 2. The lowest BCUT2D eigenvalue weighted by Crippen LogP contribution is -2.49. The number of alkyl halides is 3. The van der Waals surface area contributed by atoms with Crippen LogP contribution in [-0.2, 0) is 34.8 Å². The number of anilines is 2. The van der Waals surface area contributed by atoms with Gasteiger partial charge >= 0.3 is 6.18 Å². The zero-order chi connectivity index (χ0) is 56.9. The summed E-state index contributed by atoms with van der Waals surface area (Å²) in [4.78, 5) is 56.5. The number of hydrogen-bond acceptors (Lipinski definition) is 10. The molecule has 2 atom stereocenters. The summed E-state index contributed by atoms with van der Waals surface area (Å²) < 4.78 is 48.0. The molecule has 3 aromatic rings. The number of piperidine rings is 1. The number of rotatable bonds is 23. The number of nitrogens with zero attached hydrogens (tertiary/aromatic N) is 2. The van der Waals surface area contributed by atoms with E-state index in [-0.39, 0.29) is 40.8 Å². The highest BCUT2D eigenvalue weighted by Crippen LogP contribution is 2.32. The van der Waals surface area contributed by atoms with Gasteiger partial charge in [0, 0.05) is 61.4 Å². The molecule has 2 amide bonds. The van der Waals surface area contributed by atoms with Crippen molar-refractivity contribution in [3.05, 3.63) is 94.0 Å². The van der Waals surface area contributed by atoms with Gasteiger partial charge in [-0.15, -0.1) is 0 Å². The second kappa shape index (κ2) is 40.1. The predicted molar refractivity (Wildman–Crippen MR) is 300 cm³/mol. The maximum Gasteiger partial charge on any atom is 0.417 e. The molecule has 0 spiro atoms. The number of carbonyl (C=O) groups excluding carboxylic acids is 5. The number of imide groups is 1. The summed E-state index contributed by atoms with van der Waals surface area (Å²) in [5.41, 5.74) is 5.53. The van der Waals surface area contributed by atoms with Gasteiger partial charge in [-0.25, -0.2) is 0 Å². The third-order valence-electron chi connectivity index (χ3n) is 11.8. The Morgan fingerprint density at radius 2 is 1.50 bits per heavy atom. The Kier molecular flexibility index (Phi) is 38.3. The molecule has 0 radical (unpaired) electrons. The highest BCUT2D eigenvalue weighted by Gasteiger charge is 2.34. The van der Waals surface area contributed by atoms with Gasteiger partial charge in [0.1, 0.15) is 6.29 Å². The number of hydrogen-bond donors (Lipinski definition) is 2. The number of unbranched alkanes of at least 4 members (excludes halogenated alkanes) is 3. The van der Waals surface area contributed by atoms with Crippen LogP contribution in [0.4, 0.5) is 24.5 Å². The molecule has 0 aromatic heterocycles. The number of nitriles is 1. The van der Waals surface area contributed by atoms with E-state index in [1.165, 1.54) is 50.0 Å². The normalized spacial score (nSPS) is 13.1. The maximum atomic E-state index is 12.5. The fourth-order valence-electron chi connectivity index (χ4n) is 7.07. The van der Waals surface area contributed by atoms with Crippen LogP contribution >= 0.6 is 12.2 Å². The number of ether oxygens (including phenoxy) is 2. The second-order valence-electron chi connectivity index (χ2n) is 18.4. The zero-order valence-electron chi connectivity index (χ0n) is 47.1. The van der Waals surface area contributed by atoms with Crippen molar-refractivity contribution in [2.75, 3.05) is 43.2 Å². The van der Waals surface area contributed by atoms with E-state index in [1.807, 2.05) is 89.8 Å². The van der Waals surface area contributed by atoms with Gasteiger partial charge in [0.25, 0.3) is 0 Å². The van der Waals surface area contributed by atoms with Crippen LogP contribution in [0.15, 0.2) is 60.7 Å². The fourth-order valence-corrected chi connectivity index (χ4v) is 7.46. The molecule has 2 unspecified atom stereocenters. The summed E-state index contributed by atoms with van der Waals surface area (Å²) in [6.07, 6.45) is 5.67. The summed E-state index contributed by atoms with van der Waals surface area (Å²) in [6, 6.07) is 19.3. The number of thiocarbonyl (C=S) groups is 1. The Balaban J connectivity index is 0. The first-order valence-corrected chi connectivity index (χ1v) is 26.7. The highest BCUT2D eigenvalue weighted by molar-refractivity contribution is 7.79. The highest BCUT2D eigenvalue weighted by atomic mass is 32.1. The number of benzene rings is 3. The number of carbonyl (C=O) groups is 5.